The molecule has 3 aromatic rings. The van der Waals surface area contributed by atoms with Gasteiger partial charge in [-0.2, -0.15) is 10.2 Å². The molecule has 3 aromatic heterocycles. The predicted molar refractivity (Wildman–Crippen MR) is 99.0 cm³/mol. The predicted octanol–water partition coefficient (Wildman–Crippen LogP) is 2.61. The van der Waals surface area contributed by atoms with E-state index in [-0.39, 0.29) is 11.9 Å². The average Bonchev–Trinajstić information content (AvgIpc) is 3.15. The smallest absolute Gasteiger partial charge is 0.252 e. The second-order valence-corrected chi connectivity index (χ2v) is 7.00. The lowest BCUT2D eigenvalue weighted by Crippen LogP contribution is -2.31. The molecule has 1 unspecified atom stereocenters. The van der Waals surface area contributed by atoms with Crippen molar-refractivity contribution in [3.8, 4) is 0 Å². The van der Waals surface area contributed by atoms with E-state index in [0.717, 1.165) is 53.8 Å². The van der Waals surface area contributed by atoms with Gasteiger partial charge in [-0.1, -0.05) is 0 Å². The molecular weight excluding hydrogens is 328 g/mol. The third-order valence-electron chi connectivity index (χ3n) is 5.23. The van der Waals surface area contributed by atoms with Crippen LogP contribution in [-0.4, -0.2) is 30.5 Å². The van der Waals surface area contributed by atoms with E-state index in [2.05, 4.69) is 20.5 Å². The number of aryl methyl sites for hydroxylation is 4. The summed E-state index contributed by atoms with van der Waals surface area (Å²) in [6.07, 6.45) is 4.88. The van der Waals surface area contributed by atoms with E-state index in [9.17, 15) is 4.79 Å². The molecule has 136 valence electrons. The van der Waals surface area contributed by atoms with Crippen molar-refractivity contribution in [2.45, 2.75) is 52.6 Å². The minimum atomic E-state index is -0.0686. The molecule has 0 spiro atoms. The molecule has 3 heterocycles. The molecule has 1 amide bonds. The molecule has 26 heavy (non-hydrogen) atoms. The molecule has 0 saturated carbocycles. The first-order valence-electron chi connectivity index (χ1n) is 9.16. The van der Waals surface area contributed by atoms with Gasteiger partial charge in [0.25, 0.3) is 5.91 Å². The normalized spacial score (nSPS) is 16.7. The van der Waals surface area contributed by atoms with Crippen molar-refractivity contribution in [3.63, 3.8) is 0 Å². The molecular formula is C19H24N6O. The number of fused-ring (bicyclic) bond motifs is 2. The average molecular weight is 352 g/mol. The third kappa shape index (κ3) is 2.58. The van der Waals surface area contributed by atoms with E-state index < -0.39 is 0 Å². The summed E-state index contributed by atoms with van der Waals surface area (Å²) in [6, 6.07) is 1.87. The number of hydrogen-bond acceptors (Lipinski definition) is 4. The summed E-state index contributed by atoms with van der Waals surface area (Å²) in [7, 11) is 1.96. The fourth-order valence-electron chi connectivity index (χ4n) is 3.97. The summed E-state index contributed by atoms with van der Waals surface area (Å²) in [6.45, 7) is 6.60. The maximum absolute atomic E-state index is 13.1. The van der Waals surface area contributed by atoms with Crippen LogP contribution in [0.5, 0.6) is 0 Å². The van der Waals surface area contributed by atoms with Crippen molar-refractivity contribution < 1.29 is 4.79 Å². The van der Waals surface area contributed by atoms with Gasteiger partial charge in [0.05, 0.1) is 28.9 Å². The Morgan fingerprint density at radius 3 is 2.96 bits per heavy atom. The molecule has 0 aromatic carbocycles. The van der Waals surface area contributed by atoms with Gasteiger partial charge in [0.2, 0.25) is 0 Å². The molecule has 0 bridgehead atoms. The number of pyridine rings is 1. The zero-order chi connectivity index (χ0) is 18.4. The van der Waals surface area contributed by atoms with Crippen molar-refractivity contribution in [2.24, 2.45) is 7.05 Å². The first kappa shape index (κ1) is 16.8. The standard InChI is InChI=1S/C19H24N6O/c1-5-25-18-17(12(3)23-25)13(9-11(2)21-18)19(26)22-15-7-6-8-16-14(15)10-20-24(16)4/h9-10,15H,5-8H2,1-4H3,(H,22,26). The van der Waals surface area contributed by atoms with Crippen LogP contribution in [0.15, 0.2) is 12.3 Å². The second kappa shape index (κ2) is 6.23. The Morgan fingerprint density at radius 2 is 2.19 bits per heavy atom. The summed E-state index contributed by atoms with van der Waals surface area (Å²) in [5, 5.41) is 13.0. The van der Waals surface area contributed by atoms with Gasteiger partial charge in [-0.05, 0) is 46.1 Å². The third-order valence-corrected chi connectivity index (χ3v) is 5.23. The molecule has 1 aliphatic rings. The Bertz CT molecular complexity index is 999. The minimum absolute atomic E-state index is 0.00463. The maximum Gasteiger partial charge on any atom is 0.252 e. The highest BCUT2D eigenvalue weighted by Gasteiger charge is 2.26. The van der Waals surface area contributed by atoms with Gasteiger partial charge >= 0.3 is 0 Å². The van der Waals surface area contributed by atoms with Crippen LogP contribution in [0.25, 0.3) is 11.0 Å². The summed E-state index contributed by atoms with van der Waals surface area (Å²) in [4.78, 5) is 17.7. The van der Waals surface area contributed by atoms with E-state index >= 15 is 0 Å². The van der Waals surface area contributed by atoms with Crippen LogP contribution in [0.1, 0.15) is 58.8 Å². The minimum Gasteiger partial charge on any atom is -0.345 e. The van der Waals surface area contributed by atoms with Crippen LogP contribution >= 0.6 is 0 Å². The highest BCUT2D eigenvalue weighted by atomic mass is 16.1. The fourth-order valence-corrected chi connectivity index (χ4v) is 3.97. The summed E-state index contributed by atoms with van der Waals surface area (Å²) < 4.78 is 3.77. The first-order chi connectivity index (χ1) is 12.5. The van der Waals surface area contributed by atoms with E-state index in [1.165, 1.54) is 5.69 Å². The molecule has 7 nitrogen and oxygen atoms in total. The SMILES string of the molecule is CCn1nc(C)c2c(C(=O)NC3CCCc4c3cnn4C)cc(C)nc21. The molecule has 4 rings (SSSR count). The Kier molecular flexibility index (Phi) is 4.01. The van der Waals surface area contributed by atoms with Crippen LogP contribution in [-0.2, 0) is 20.0 Å². The number of nitrogens with one attached hydrogen (secondary N) is 1. The van der Waals surface area contributed by atoms with E-state index in [1.54, 1.807) is 0 Å². The Hall–Kier alpha value is -2.70. The van der Waals surface area contributed by atoms with Crippen molar-refractivity contribution in [2.75, 3.05) is 0 Å². The van der Waals surface area contributed by atoms with Gasteiger partial charge in [-0.15, -0.1) is 0 Å². The van der Waals surface area contributed by atoms with Crippen LogP contribution in [0.4, 0.5) is 0 Å². The number of rotatable bonds is 3. The van der Waals surface area contributed by atoms with Gasteiger partial charge < -0.3 is 5.32 Å². The molecule has 1 atom stereocenters. The Balaban J connectivity index is 1.73. The van der Waals surface area contributed by atoms with Gasteiger partial charge in [0.15, 0.2) is 5.65 Å². The lowest BCUT2D eigenvalue weighted by atomic mass is 9.92. The van der Waals surface area contributed by atoms with Crippen LogP contribution < -0.4 is 5.32 Å². The van der Waals surface area contributed by atoms with E-state index in [0.29, 0.717) is 5.56 Å². The lowest BCUT2D eigenvalue weighted by Gasteiger charge is -2.24. The fraction of sp³-hybridized carbons (Fsp3) is 0.474. The largest absolute Gasteiger partial charge is 0.345 e. The monoisotopic (exact) mass is 352 g/mol. The van der Waals surface area contributed by atoms with Crippen LogP contribution in [0, 0.1) is 13.8 Å². The maximum atomic E-state index is 13.1. The number of hydrogen-bond donors (Lipinski definition) is 1. The van der Waals surface area contributed by atoms with Gasteiger partial charge in [-0.3, -0.25) is 9.48 Å². The van der Waals surface area contributed by atoms with Crippen molar-refractivity contribution in [1.29, 1.82) is 0 Å². The van der Waals surface area contributed by atoms with Crippen molar-refractivity contribution in [1.82, 2.24) is 29.9 Å². The molecule has 0 radical (unpaired) electrons. The Labute approximate surface area is 152 Å². The Morgan fingerprint density at radius 1 is 1.38 bits per heavy atom. The molecule has 0 fully saturated rings. The number of amides is 1. The lowest BCUT2D eigenvalue weighted by molar-refractivity contribution is 0.0934. The van der Waals surface area contributed by atoms with E-state index in [4.69, 9.17) is 0 Å². The van der Waals surface area contributed by atoms with Crippen LogP contribution in [0.2, 0.25) is 0 Å². The molecule has 1 N–H and O–H groups in total. The van der Waals surface area contributed by atoms with E-state index in [1.807, 2.05) is 49.4 Å². The van der Waals surface area contributed by atoms with Gasteiger partial charge in [0, 0.05) is 30.5 Å². The number of aromatic nitrogens is 5. The second-order valence-electron chi connectivity index (χ2n) is 7.00. The zero-order valence-corrected chi connectivity index (χ0v) is 15.7. The van der Waals surface area contributed by atoms with Gasteiger partial charge in [0.1, 0.15) is 0 Å². The quantitative estimate of drug-likeness (QED) is 0.786. The summed E-state index contributed by atoms with van der Waals surface area (Å²) in [5.74, 6) is -0.0686. The van der Waals surface area contributed by atoms with Crippen LogP contribution in [0.3, 0.4) is 0 Å². The zero-order valence-electron chi connectivity index (χ0n) is 15.7. The van der Waals surface area contributed by atoms with Crippen molar-refractivity contribution >= 4 is 16.9 Å². The number of carbonyl (C=O) groups is 1. The summed E-state index contributed by atoms with van der Waals surface area (Å²) >= 11 is 0. The number of carbonyl (C=O) groups excluding carboxylic acids is 1. The number of nitrogens with zero attached hydrogens (tertiary/aromatic N) is 5. The molecule has 0 aliphatic heterocycles. The molecule has 0 saturated heterocycles. The first-order valence-corrected chi connectivity index (χ1v) is 9.16. The molecule has 7 heteroatoms. The van der Waals surface area contributed by atoms with Crippen molar-refractivity contribution in [3.05, 3.63) is 40.5 Å². The van der Waals surface area contributed by atoms with Gasteiger partial charge in [-0.25, -0.2) is 9.67 Å². The highest BCUT2D eigenvalue weighted by Crippen LogP contribution is 2.30. The molecule has 1 aliphatic carbocycles. The highest BCUT2D eigenvalue weighted by molar-refractivity contribution is 6.06. The summed E-state index contributed by atoms with van der Waals surface area (Å²) in [5.41, 5.74) is 5.44. The topological polar surface area (TPSA) is 77.6 Å².